The predicted octanol–water partition coefficient (Wildman–Crippen LogP) is 3.96. The molecular formula is C14H24O. The Morgan fingerprint density at radius 1 is 1.07 bits per heavy atom. The summed E-state index contributed by atoms with van der Waals surface area (Å²) >= 11 is 0. The number of carbonyl (C=O) groups is 1. The molecule has 0 saturated heterocycles. The van der Waals surface area contributed by atoms with Crippen LogP contribution in [0.5, 0.6) is 0 Å². The third-order valence-corrected chi connectivity index (χ3v) is 4.49. The molecule has 15 heavy (non-hydrogen) atoms. The second-order valence-electron chi connectivity index (χ2n) is 5.53. The minimum atomic E-state index is 0.435. The van der Waals surface area contributed by atoms with Crippen LogP contribution in [0.25, 0.3) is 0 Å². The largest absolute Gasteiger partial charge is 0.299 e. The average molecular weight is 208 g/mol. The van der Waals surface area contributed by atoms with Crippen molar-refractivity contribution in [2.24, 2.45) is 17.8 Å². The van der Waals surface area contributed by atoms with Crippen LogP contribution in [0.4, 0.5) is 0 Å². The Balaban J connectivity index is 1.87. The maximum atomic E-state index is 11.9. The Kier molecular flexibility index (Phi) is 3.82. The summed E-state index contributed by atoms with van der Waals surface area (Å²) in [4.78, 5) is 11.9. The van der Waals surface area contributed by atoms with E-state index in [9.17, 15) is 4.79 Å². The molecule has 1 nitrogen and oxygen atoms in total. The first-order valence-electron chi connectivity index (χ1n) is 6.84. The minimum Gasteiger partial charge on any atom is -0.299 e. The Bertz CT molecular complexity index is 221. The molecule has 86 valence electrons. The highest BCUT2D eigenvalue weighted by atomic mass is 16.1. The van der Waals surface area contributed by atoms with Gasteiger partial charge in [0.05, 0.1) is 0 Å². The van der Waals surface area contributed by atoms with E-state index in [4.69, 9.17) is 0 Å². The van der Waals surface area contributed by atoms with Gasteiger partial charge >= 0.3 is 0 Å². The molecule has 1 heteroatoms. The molecule has 2 aliphatic rings. The zero-order valence-electron chi connectivity index (χ0n) is 10.0. The number of hydrogen-bond acceptors (Lipinski definition) is 1. The number of carbonyl (C=O) groups excluding carboxylic acids is 1. The summed E-state index contributed by atoms with van der Waals surface area (Å²) in [6.07, 6.45) is 11.3. The van der Waals surface area contributed by atoms with E-state index in [0.29, 0.717) is 11.7 Å². The lowest BCUT2D eigenvalue weighted by atomic mass is 9.66. The molecule has 2 fully saturated rings. The van der Waals surface area contributed by atoms with E-state index < -0.39 is 0 Å². The summed E-state index contributed by atoms with van der Waals surface area (Å²) in [5.74, 6) is 2.87. The first kappa shape index (κ1) is 11.2. The lowest BCUT2D eigenvalue weighted by Gasteiger charge is -2.38. The van der Waals surface area contributed by atoms with Crippen LogP contribution in [0.2, 0.25) is 0 Å². The predicted molar refractivity (Wildman–Crippen MR) is 62.7 cm³/mol. The van der Waals surface area contributed by atoms with Gasteiger partial charge in [0.2, 0.25) is 0 Å². The number of rotatable bonds is 3. The molecule has 0 aromatic rings. The normalized spacial score (nSPS) is 35.9. The Morgan fingerprint density at radius 2 is 1.80 bits per heavy atom. The van der Waals surface area contributed by atoms with Gasteiger partial charge < -0.3 is 0 Å². The third-order valence-electron chi connectivity index (χ3n) is 4.49. The molecular weight excluding hydrogens is 184 g/mol. The Hall–Kier alpha value is -0.330. The van der Waals surface area contributed by atoms with Crippen molar-refractivity contribution in [3.63, 3.8) is 0 Å². The number of fused-ring (bicyclic) bond motifs is 1. The molecule has 3 atom stereocenters. The zero-order valence-corrected chi connectivity index (χ0v) is 10.0. The lowest BCUT2D eigenvalue weighted by Crippen LogP contribution is -2.31. The smallest absolute Gasteiger partial charge is 0.135 e. The number of hydrogen-bond donors (Lipinski definition) is 0. The molecule has 0 aromatic carbocycles. The summed E-state index contributed by atoms with van der Waals surface area (Å²) in [6.45, 7) is 2.12. The molecule has 0 N–H and O–H groups in total. The quantitative estimate of drug-likeness (QED) is 0.686. The van der Waals surface area contributed by atoms with E-state index in [2.05, 4.69) is 6.92 Å². The summed E-state index contributed by atoms with van der Waals surface area (Å²) in [5, 5.41) is 0. The lowest BCUT2D eigenvalue weighted by molar-refractivity contribution is -0.125. The standard InChI is InChI=1S/C14H24O/c1-2-5-14(15)13-9-8-11-6-3-4-7-12(11)10-13/h11-13H,2-10H2,1H3. The van der Waals surface area contributed by atoms with Crippen molar-refractivity contribution in [3.8, 4) is 0 Å². The fourth-order valence-corrected chi connectivity index (χ4v) is 3.62. The van der Waals surface area contributed by atoms with Gasteiger partial charge in [-0.3, -0.25) is 4.79 Å². The van der Waals surface area contributed by atoms with Crippen LogP contribution >= 0.6 is 0 Å². The van der Waals surface area contributed by atoms with Crippen molar-refractivity contribution in [2.75, 3.05) is 0 Å². The van der Waals surface area contributed by atoms with Gasteiger partial charge in [0, 0.05) is 12.3 Å². The minimum absolute atomic E-state index is 0.435. The maximum Gasteiger partial charge on any atom is 0.135 e. The van der Waals surface area contributed by atoms with Gasteiger partial charge in [0.25, 0.3) is 0 Å². The fraction of sp³-hybridized carbons (Fsp3) is 0.929. The van der Waals surface area contributed by atoms with Gasteiger partial charge in [0.15, 0.2) is 0 Å². The van der Waals surface area contributed by atoms with Gasteiger partial charge in [-0.2, -0.15) is 0 Å². The average Bonchev–Trinajstić information content (AvgIpc) is 2.29. The van der Waals surface area contributed by atoms with E-state index in [1.165, 1.54) is 44.9 Å². The Morgan fingerprint density at radius 3 is 2.53 bits per heavy atom. The van der Waals surface area contributed by atoms with Crippen LogP contribution in [0.3, 0.4) is 0 Å². The van der Waals surface area contributed by atoms with Crippen molar-refractivity contribution in [2.45, 2.75) is 64.7 Å². The second-order valence-corrected chi connectivity index (χ2v) is 5.53. The van der Waals surface area contributed by atoms with Crippen molar-refractivity contribution >= 4 is 5.78 Å². The van der Waals surface area contributed by atoms with Crippen LogP contribution in [-0.2, 0) is 4.79 Å². The SMILES string of the molecule is CCCC(=O)C1CCC2CCCCC2C1. The monoisotopic (exact) mass is 208 g/mol. The van der Waals surface area contributed by atoms with Crippen LogP contribution < -0.4 is 0 Å². The molecule has 0 amide bonds. The van der Waals surface area contributed by atoms with Crippen molar-refractivity contribution in [1.82, 2.24) is 0 Å². The highest BCUT2D eigenvalue weighted by molar-refractivity contribution is 5.81. The van der Waals surface area contributed by atoms with Crippen molar-refractivity contribution in [1.29, 1.82) is 0 Å². The van der Waals surface area contributed by atoms with Crippen molar-refractivity contribution in [3.05, 3.63) is 0 Å². The van der Waals surface area contributed by atoms with Crippen molar-refractivity contribution < 1.29 is 4.79 Å². The van der Waals surface area contributed by atoms with Crippen LogP contribution in [0.1, 0.15) is 64.7 Å². The van der Waals surface area contributed by atoms with Gasteiger partial charge in [-0.15, -0.1) is 0 Å². The van der Waals surface area contributed by atoms with E-state index >= 15 is 0 Å². The molecule has 0 bridgehead atoms. The van der Waals surface area contributed by atoms with Crippen LogP contribution in [0.15, 0.2) is 0 Å². The molecule has 0 spiro atoms. The van der Waals surface area contributed by atoms with Gasteiger partial charge in [0.1, 0.15) is 5.78 Å². The molecule has 0 radical (unpaired) electrons. The summed E-state index contributed by atoms with van der Waals surface area (Å²) in [7, 11) is 0. The molecule has 3 unspecified atom stereocenters. The van der Waals surface area contributed by atoms with Gasteiger partial charge in [-0.1, -0.05) is 32.6 Å². The van der Waals surface area contributed by atoms with E-state index in [1.807, 2.05) is 0 Å². The molecule has 2 aliphatic carbocycles. The number of ketones is 1. The molecule has 0 aromatic heterocycles. The molecule has 0 aliphatic heterocycles. The first-order chi connectivity index (χ1) is 7.31. The molecule has 2 rings (SSSR count). The highest BCUT2D eigenvalue weighted by Gasteiger charge is 2.34. The maximum absolute atomic E-state index is 11.9. The van der Waals surface area contributed by atoms with Crippen LogP contribution in [-0.4, -0.2) is 5.78 Å². The highest BCUT2D eigenvalue weighted by Crippen LogP contribution is 2.43. The Labute approximate surface area is 93.6 Å². The summed E-state index contributed by atoms with van der Waals surface area (Å²) < 4.78 is 0. The van der Waals surface area contributed by atoms with Gasteiger partial charge in [-0.25, -0.2) is 0 Å². The zero-order chi connectivity index (χ0) is 10.7. The molecule has 0 heterocycles. The van der Waals surface area contributed by atoms with E-state index in [1.54, 1.807) is 0 Å². The van der Waals surface area contributed by atoms with Gasteiger partial charge in [-0.05, 0) is 37.5 Å². The second kappa shape index (κ2) is 5.14. The fourth-order valence-electron chi connectivity index (χ4n) is 3.62. The topological polar surface area (TPSA) is 17.1 Å². The van der Waals surface area contributed by atoms with E-state index in [-0.39, 0.29) is 0 Å². The molecule has 2 saturated carbocycles. The van der Waals surface area contributed by atoms with E-state index in [0.717, 1.165) is 24.7 Å². The number of Topliss-reactive ketones (excluding diaryl/α,β-unsaturated/α-hetero) is 1. The first-order valence-corrected chi connectivity index (χ1v) is 6.84. The summed E-state index contributed by atoms with van der Waals surface area (Å²) in [6, 6.07) is 0. The summed E-state index contributed by atoms with van der Waals surface area (Å²) in [5.41, 5.74) is 0. The third kappa shape index (κ3) is 2.62. The van der Waals surface area contributed by atoms with Crippen LogP contribution in [0, 0.1) is 17.8 Å².